The summed E-state index contributed by atoms with van der Waals surface area (Å²) in [4.78, 5) is 13.5. The number of alkyl halides is 2. The van der Waals surface area contributed by atoms with Crippen LogP contribution < -0.4 is 10.3 Å². The van der Waals surface area contributed by atoms with Crippen molar-refractivity contribution >= 4 is 17.1 Å². The molecule has 0 radical (unpaired) electrons. The molecule has 0 spiro atoms. The summed E-state index contributed by atoms with van der Waals surface area (Å²) in [6.45, 7) is 3.63. The van der Waals surface area contributed by atoms with E-state index in [4.69, 9.17) is 16.7 Å². The maximum absolute atomic E-state index is 13.5. The average Bonchev–Trinajstić information content (AvgIpc) is 3.39. The Labute approximate surface area is 171 Å². The molecule has 1 aliphatic carbocycles. The molecule has 1 saturated carbocycles. The molecule has 0 saturated heterocycles. The van der Waals surface area contributed by atoms with E-state index in [1.807, 2.05) is 26.8 Å². The molecule has 0 amide bonds. The molecule has 0 unspecified atom stereocenters. The summed E-state index contributed by atoms with van der Waals surface area (Å²) in [6, 6.07) is 6.29. The third-order valence-electron chi connectivity index (χ3n) is 5.25. The van der Waals surface area contributed by atoms with Crippen LogP contribution in [-0.4, -0.2) is 20.8 Å². The molecule has 5 nitrogen and oxygen atoms in total. The first-order chi connectivity index (χ1) is 13.8. The summed E-state index contributed by atoms with van der Waals surface area (Å²) in [5.74, 6) is 1.01. The Bertz CT molecular complexity index is 1130. The highest BCUT2D eigenvalue weighted by molar-refractivity contribution is 6.33. The highest BCUT2D eigenvalue weighted by atomic mass is 35.5. The average molecular weight is 422 g/mol. The van der Waals surface area contributed by atoms with E-state index in [0.717, 1.165) is 24.1 Å². The van der Waals surface area contributed by atoms with Crippen molar-refractivity contribution < 1.29 is 13.5 Å². The van der Waals surface area contributed by atoms with E-state index in [-0.39, 0.29) is 22.2 Å². The molecule has 0 aliphatic heterocycles. The zero-order valence-electron chi connectivity index (χ0n) is 16.5. The predicted octanol–water partition coefficient (Wildman–Crippen LogP) is 5.26. The number of fused-ring (bicyclic) bond motifs is 1. The second kappa shape index (κ2) is 7.44. The van der Waals surface area contributed by atoms with E-state index >= 15 is 0 Å². The zero-order chi connectivity index (χ0) is 20.9. The van der Waals surface area contributed by atoms with Gasteiger partial charge in [0.15, 0.2) is 5.82 Å². The van der Waals surface area contributed by atoms with Gasteiger partial charge in [0.05, 0.1) is 5.02 Å². The Balaban J connectivity index is 1.94. The Hall–Kier alpha value is -2.41. The van der Waals surface area contributed by atoms with Gasteiger partial charge in [0.25, 0.3) is 5.56 Å². The molecule has 2 aromatic heterocycles. The monoisotopic (exact) mass is 421 g/mol. The first-order valence-electron chi connectivity index (χ1n) is 9.64. The van der Waals surface area contributed by atoms with Crippen LogP contribution in [0, 0.1) is 12.8 Å². The van der Waals surface area contributed by atoms with Crippen molar-refractivity contribution in [2.75, 3.05) is 0 Å². The lowest BCUT2D eigenvalue weighted by molar-refractivity contribution is -0.0498. The predicted molar refractivity (Wildman–Crippen MR) is 108 cm³/mol. The first-order valence-corrected chi connectivity index (χ1v) is 10.0. The van der Waals surface area contributed by atoms with Crippen molar-refractivity contribution in [2.45, 2.75) is 52.7 Å². The van der Waals surface area contributed by atoms with Gasteiger partial charge in [-0.3, -0.25) is 9.36 Å². The summed E-state index contributed by atoms with van der Waals surface area (Å²) in [5, 5.41) is 4.95. The maximum atomic E-state index is 13.5. The minimum atomic E-state index is -2.93. The fourth-order valence-electron chi connectivity index (χ4n) is 3.59. The number of aromatic nitrogens is 3. The molecule has 4 rings (SSSR count). The number of rotatable bonds is 6. The van der Waals surface area contributed by atoms with Crippen LogP contribution in [0.25, 0.3) is 16.9 Å². The smallest absolute Gasteiger partial charge is 0.387 e. The quantitative estimate of drug-likeness (QED) is 0.545. The van der Waals surface area contributed by atoms with Gasteiger partial charge < -0.3 is 4.74 Å². The van der Waals surface area contributed by atoms with Crippen LogP contribution in [0.15, 0.2) is 29.1 Å². The van der Waals surface area contributed by atoms with Crippen LogP contribution in [0.2, 0.25) is 5.02 Å². The van der Waals surface area contributed by atoms with Gasteiger partial charge in [-0.15, -0.1) is 5.10 Å². The van der Waals surface area contributed by atoms with E-state index in [9.17, 15) is 13.6 Å². The number of nitrogens with zero attached hydrogens (tertiary/aromatic N) is 3. The van der Waals surface area contributed by atoms with Gasteiger partial charge in [0.2, 0.25) is 0 Å². The summed E-state index contributed by atoms with van der Waals surface area (Å²) in [7, 11) is 0. The van der Waals surface area contributed by atoms with Crippen molar-refractivity contribution in [3.8, 4) is 17.1 Å². The molecule has 8 heteroatoms. The summed E-state index contributed by atoms with van der Waals surface area (Å²) in [5.41, 5.74) is 2.79. The second-order valence-electron chi connectivity index (χ2n) is 7.86. The number of halogens is 3. The lowest BCUT2D eigenvalue weighted by Gasteiger charge is -2.15. The lowest BCUT2D eigenvalue weighted by atomic mass is 10.1. The molecule has 0 bridgehead atoms. The van der Waals surface area contributed by atoms with E-state index in [2.05, 4.69) is 4.74 Å². The molecule has 3 aromatic rings. The van der Waals surface area contributed by atoms with Crippen molar-refractivity contribution in [2.24, 2.45) is 5.92 Å². The van der Waals surface area contributed by atoms with Crippen molar-refractivity contribution in [3.05, 3.63) is 50.9 Å². The molecule has 0 atom stereocenters. The van der Waals surface area contributed by atoms with E-state index in [0.29, 0.717) is 29.4 Å². The molecular weight excluding hydrogens is 400 g/mol. The highest BCUT2D eigenvalue weighted by Gasteiger charge is 2.27. The van der Waals surface area contributed by atoms with Crippen LogP contribution in [0.4, 0.5) is 8.78 Å². The molecule has 1 fully saturated rings. The van der Waals surface area contributed by atoms with Crippen molar-refractivity contribution in [3.63, 3.8) is 0 Å². The Morgan fingerprint density at radius 3 is 2.59 bits per heavy atom. The number of benzene rings is 1. The molecule has 29 heavy (non-hydrogen) atoms. The normalized spacial score (nSPS) is 14.3. The van der Waals surface area contributed by atoms with E-state index in [1.54, 1.807) is 15.1 Å². The van der Waals surface area contributed by atoms with Crippen LogP contribution >= 0.6 is 11.6 Å². The SMILES string of the molecule is Cc1cc(C(C)C)c2c(=O)n(CC3CC3)c(-c3ccc(OC(F)F)cc3Cl)nn12. The minimum absolute atomic E-state index is 0.0369. The van der Waals surface area contributed by atoms with Gasteiger partial charge in [-0.1, -0.05) is 25.4 Å². The molecule has 2 heterocycles. The van der Waals surface area contributed by atoms with Crippen LogP contribution in [0.5, 0.6) is 5.75 Å². The standard InChI is InChI=1S/C21H22ClF2N3O2/c1-11(2)16-8-12(3)27-18(16)20(28)26(10-13-4-5-13)19(25-27)15-7-6-14(9-17(15)22)29-21(23)24/h6-9,11,13,21H,4-5,10H2,1-3H3. The number of aryl methyl sites for hydroxylation is 1. The fraction of sp³-hybridized carbons (Fsp3) is 0.429. The van der Waals surface area contributed by atoms with Crippen LogP contribution in [-0.2, 0) is 6.54 Å². The van der Waals surface area contributed by atoms with Crippen molar-refractivity contribution in [1.29, 1.82) is 0 Å². The Kier molecular flexibility index (Phi) is 5.11. The summed E-state index contributed by atoms with van der Waals surface area (Å²) >= 11 is 6.38. The summed E-state index contributed by atoms with van der Waals surface area (Å²) in [6.07, 6.45) is 2.14. The summed E-state index contributed by atoms with van der Waals surface area (Å²) < 4.78 is 32.8. The van der Waals surface area contributed by atoms with Gasteiger partial charge in [0, 0.05) is 17.8 Å². The largest absolute Gasteiger partial charge is 0.435 e. The van der Waals surface area contributed by atoms with Crippen molar-refractivity contribution in [1.82, 2.24) is 14.2 Å². The third-order valence-corrected chi connectivity index (χ3v) is 5.56. The fourth-order valence-corrected chi connectivity index (χ4v) is 3.84. The Morgan fingerprint density at radius 1 is 1.28 bits per heavy atom. The number of hydrogen-bond donors (Lipinski definition) is 0. The highest BCUT2D eigenvalue weighted by Crippen LogP contribution is 2.35. The topological polar surface area (TPSA) is 48.5 Å². The molecule has 1 aromatic carbocycles. The van der Waals surface area contributed by atoms with E-state index < -0.39 is 6.61 Å². The van der Waals surface area contributed by atoms with Gasteiger partial charge in [-0.2, -0.15) is 8.78 Å². The van der Waals surface area contributed by atoms with Gasteiger partial charge in [0.1, 0.15) is 11.3 Å². The minimum Gasteiger partial charge on any atom is -0.435 e. The zero-order valence-corrected chi connectivity index (χ0v) is 17.2. The number of ether oxygens (including phenoxy) is 1. The Morgan fingerprint density at radius 2 is 2.00 bits per heavy atom. The molecular formula is C21H22ClF2N3O2. The third kappa shape index (κ3) is 3.75. The second-order valence-corrected chi connectivity index (χ2v) is 8.27. The molecule has 0 N–H and O–H groups in total. The molecule has 1 aliphatic rings. The van der Waals surface area contributed by atoms with Crippen LogP contribution in [0.1, 0.15) is 43.9 Å². The van der Waals surface area contributed by atoms with Crippen LogP contribution in [0.3, 0.4) is 0 Å². The number of hydrogen-bond acceptors (Lipinski definition) is 3. The maximum Gasteiger partial charge on any atom is 0.387 e. The van der Waals surface area contributed by atoms with Gasteiger partial charge in [-0.05, 0) is 61.4 Å². The molecule has 154 valence electrons. The first kappa shape index (κ1) is 19.9. The lowest BCUT2D eigenvalue weighted by Crippen LogP contribution is -2.27. The van der Waals surface area contributed by atoms with Gasteiger partial charge >= 0.3 is 6.61 Å². The van der Waals surface area contributed by atoms with E-state index in [1.165, 1.54) is 12.1 Å². The van der Waals surface area contributed by atoms with Gasteiger partial charge in [-0.25, -0.2) is 4.52 Å².